The van der Waals surface area contributed by atoms with Crippen LogP contribution in [0.1, 0.15) is 55.4 Å². The van der Waals surface area contributed by atoms with Crippen molar-refractivity contribution in [2.75, 3.05) is 7.05 Å². The van der Waals surface area contributed by atoms with E-state index in [4.69, 9.17) is 4.74 Å². The first-order chi connectivity index (χ1) is 6.77. The summed E-state index contributed by atoms with van der Waals surface area (Å²) in [5.74, 6) is 0.00919. The molecule has 3 nitrogen and oxygen atoms in total. The van der Waals surface area contributed by atoms with Crippen LogP contribution in [0.15, 0.2) is 0 Å². The maximum atomic E-state index is 12.3. The van der Waals surface area contributed by atoms with Crippen molar-refractivity contribution in [2.45, 2.75) is 72.1 Å². The van der Waals surface area contributed by atoms with Gasteiger partial charge in [0.2, 0.25) is 0 Å². The Labute approximate surface area is 100 Å². The van der Waals surface area contributed by atoms with Gasteiger partial charge in [0.25, 0.3) is 5.91 Å². The SMILES string of the molecule is CN(C(=O)C(C)(C)OC(C)(C)C)C(C)(C)C. The standard InChI is InChI=1S/C13H27NO2/c1-11(2,3)14(9)10(15)13(7,8)16-12(4,5)6/h1-9H3. The fraction of sp³-hybridized carbons (Fsp3) is 0.923. The van der Waals surface area contributed by atoms with Crippen LogP contribution in [0.5, 0.6) is 0 Å². The minimum atomic E-state index is -0.791. The molecule has 0 spiro atoms. The zero-order chi connectivity index (χ0) is 13.4. The molecule has 1 amide bonds. The summed E-state index contributed by atoms with van der Waals surface area (Å²) >= 11 is 0. The van der Waals surface area contributed by atoms with Crippen molar-refractivity contribution in [3.8, 4) is 0 Å². The molecule has 0 aliphatic rings. The molecule has 96 valence electrons. The Balaban J connectivity index is 4.84. The van der Waals surface area contributed by atoms with Gasteiger partial charge in [0, 0.05) is 12.6 Å². The van der Waals surface area contributed by atoms with Crippen LogP contribution in [-0.2, 0) is 9.53 Å². The average Bonchev–Trinajstić information content (AvgIpc) is 1.95. The number of carbonyl (C=O) groups is 1. The third-order valence-corrected chi connectivity index (χ3v) is 2.39. The second-order valence-corrected chi connectivity index (χ2v) is 6.76. The van der Waals surface area contributed by atoms with Crippen LogP contribution in [0.2, 0.25) is 0 Å². The highest BCUT2D eigenvalue weighted by Crippen LogP contribution is 2.24. The highest BCUT2D eigenvalue weighted by molar-refractivity contribution is 5.84. The van der Waals surface area contributed by atoms with E-state index >= 15 is 0 Å². The van der Waals surface area contributed by atoms with Gasteiger partial charge in [0.1, 0.15) is 5.60 Å². The minimum Gasteiger partial charge on any atom is -0.360 e. The highest BCUT2D eigenvalue weighted by Gasteiger charge is 2.38. The molecule has 0 unspecified atom stereocenters. The summed E-state index contributed by atoms with van der Waals surface area (Å²) in [6.07, 6.45) is 0. The van der Waals surface area contributed by atoms with Gasteiger partial charge >= 0.3 is 0 Å². The van der Waals surface area contributed by atoms with Gasteiger partial charge in [-0.2, -0.15) is 0 Å². The fourth-order valence-corrected chi connectivity index (χ4v) is 1.52. The first-order valence-corrected chi connectivity index (χ1v) is 5.76. The zero-order valence-corrected chi connectivity index (χ0v) is 12.3. The van der Waals surface area contributed by atoms with E-state index in [1.165, 1.54) is 0 Å². The molecule has 0 atom stereocenters. The minimum absolute atomic E-state index is 0.00919. The number of hydrogen-bond acceptors (Lipinski definition) is 2. The van der Waals surface area contributed by atoms with Crippen molar-refractivity contribution in [1.82, 2.24) is 4.90 Å². The molecule has 0 radical (unpaired) electrons. The molecule has 16 heavy (non-hydrogen) atoms. The monoisotopic (exact) mass is 229 g/mol. The summed E-state index contributed by atoms with van der Waals surface area (Å²) in [5, 5.41) is 0. The normalized spacial score (nSPS) is 13.8. The third kappa shape index (κ3) is 4.52. The summed E-state index contributed by atoms with van der Waals surface area (Å²) in [4.78, 5) is 14.0. The van der Waals surface area contributed by atoms with E-state index in [1.54, 1.807) is 4.90 Å². The van der Waals surface area contributed by atoms with Crippen molar-refractivity contribution in [2.24, 2.45) is 0 Å². The number of carbonyl (C=O) groups excluding carboxylic acids is 1. The van der Waals surface area contributed by atoms with E-state index in [0.717, 1.165) is 0 Å². The summed E-state index contributed by atoms with van der Waals surface area (Å²) in [6.45, 7) is 15.6. The van der Waals surface area contributed by atoms with E-state index in [2.05, 4.69) is 0 Å². The molecular formula is C13H27NO2. The molecule has 0 N–H and O–H groups in total. The van der Waals surface area contributed by atoms with Crippen LogP contribution in [-0.4, -0.2) is 34.6 Å². The van der Waals surface area contributed by atoms with Crippen molar-refractivity contribution in [3.05, 3.63) is 0 Å². The van der Waals surface area contributed by atoms with Gasteiger partial charge in [-0.1, -0.05) is 0 Å². The Morgan fingerprint density at radius 2 is 1.31 bits per heavy atom. The molecule has 0 heterocycles. The molecule has 0 aromatic heterocycles. The molecule has 0 bridgehead atoms. The summed E-state index contributed by atoms with van der Waals surface area (Å²) in [7, 11) is 1.82. The lowest BCUT2D eigenvalue weighted by Gasteiger charge is -2.40. The average molecular weight is 229 g/mol. The van der Waals surface area contributed by atoms with Crippen LogP contribution in [0.3, 0.4) is 0 Å². The Bertz CT molecular complexity index is 256. The fourth-order valence-electron chi connectivity index (χ4n) is 1.52. The molecule has 0 rings (SSSR count). The Kier molecular flexibility index (Phi) is 4.21. The lowest BCUT2D eigenvalue weighted by atomic mass is 10.0. The van der Waals surface area contributed by atoms with Crippen molar-refractivity contribution < 1.29 is 9.53 Å². The largest absolute Gasteiger partial charge is 0.360 e. The number of ether oxygens (including phenoxy) is 1. The number of amides is 1. The summed E-state index contributed by atoms with van der Waals surface area (Å²) < 4.78 is 5.81. The van der Waals surface area contributed by atoms with E-state index < -0.39 is 5.60 Å². The second-order valence-electron chi connectivity index (χ2n) is 6.76. The molecule has 0 aliphatic heterocycles. The lowest BCUT2D eigenvalue weighted by Crippen LogP contribution is -2.54. The Morgan fingerprint density at radius 1 is 0.938 bits per heavy atom. The van der Waals surface area contributed by atoms with E-state index in [-0.39, 0.29) is 17.0 Å². The topological polar surface area (TPSA) is 29.5 Å². The first-order valence-electron chi connectivity index (χ1n) is 5.76. The third-order valence-electron chi connectivity index (χ3n) is 2.39. The highest BCUT2D eigenvalue weighted by atomic mass is 16.5. The van der Waals surface area contributed by atoms with Crippen LogP contribution >= 0.6 is 0 Å². The van der Waals surface area contributed by atoms with Gasteiger partial charge in [0.05, 0.1) is 5.60 Å². The zero-order valence-electron chi connectivity index (χ0n) is 12.3. The van der Waals surface area contributed by atoms with Crippen molar-refractivity contribution in [3.63, 3.8) is 0 Å². The smallest absolute Gasteiger partial charge is 0.254 e. The van der Waals surface area contributed by atoms with Gasteiger partial charge in [-0.05, 0) is 55.4 Å². The number of rotatable bonds is 2. The molecule has 0 aromatic rings. The molecular weight excluding hydrogens is 202 g/mol. The second kappa shape index (κ2) is 4.36. The van der Waals surface area contributed by atoms with Gasteiger partial charge in [-0.3, -0.25) is 4.79 Å². The van der Waals surface area contributed by atoms with Crippen LogP contribution < -0.4 is 0 Å². The summed E-state index contributed by atoms with van der Waals surface area (Å²) in [6, 6.07) is 0. The molecule has 0 saturated carbocycles. The predicted octanol–water partition coefficient (Wildman–Crippen LogP) is 2.84. The molecule has 0 aliphatic carbocycles. The van der Waals surface area contributed by atoms with E-state index in [0.29, 0.717) is 0 Å². The van der Waals surface area contributed by atoms with Gasteiger partial charge in [0.15, 0.2) is 0 Å². The van der Waals surface area contributed by atoms with Gasteiger partial charge < -0.3 is 9.64 Å². The van der Waals surface area contributed by atoms with Crippen molar-refractivity contribution in [1.29, 1.82) is 0 Å². The van der Waals surface area contributed by atoms with Crippen LogP contribution in [0.4, 0.5) is 0 Å². The quantitative estimate of drug-likeness (QED) is 0.728. The number of hydrogen-bond donors (Lipinski definition) is 0. The van der Waals surface area contributed by atoms with Crippen LogP contribution in [0, 0.1) is 0 Å². The van der Waals surface area contributed by atoms with Crippen molar-refractivity contribution >= 4 is 5.91 Å². The van der Waals surface area contributed by atoms with E-state index in [9.17, 15) is 4.79 Å². The number of likely N-dealkylation sites (N-methyl/N-ethyl adjacent to an activating group) is 1. The molecule has 3 heteroatoms. The van der Waals surface area contributed by atoms with Gasteiger partial charge in [-0.25, -0.2) is 0 Å². The number of nitrogens with zero attached hydrogens (tertiary/aromatic N) is 1. The molecule has 0 saturated heterocycles. The molecule has 0 aromatic carbocycles. The van der Waals surface area contributed by atoms with Gasteiger partial charge in [-0.15, -0.1) is 0 Å². The predicted molar refractivity (Wildman–Crippen MR) is 67.4 cm³/mol. The first kappa shape index (κ1) is 15.4. The Hall–Kier alpha value is -0.570. The van der Waals surface area contributed by atoms with E-state index in [1.807, 2.05) is 62.4 Å². The molecule has 0 fully saturated rings. The van der Waals surface area contributed by atoms with Crippen LogP contribution in [0.25, 0.3) is 0 Å². The lowest BCUT2D eigenvalue weighted by molar-refractivity contribution is -0.173. The summed E-state index contributed by atoms with van der Waals surface area (Å²) in [5.41, 5.74) is -1.30. The maximum absolute atomic E-state index is 12.3. The maximum Gasteiger partial charge on any atom is 0.254 e. The Morgan fingerprint density at radius 3 is 1.56 bits per heavy atom.